The van der Waals surface area contributed by atoms with Crippen molar-refractivity contribution >= 4 is 17.5 Å². The topological polar surface area (TPSA) is 107 Å². The van der Waals surface area contributed by atoms with E-state index < -0.39 is 11.9 Å². The molecule has 1 aromatic heterocycles. The Morgan fingerprint density at radius 3 is 2.69 bits per heavy atom. The second kappa shape index (κ2) is 3.70. The summed E-state index contributed by atoms with van der Waals surface area (Å²) in [5.74, 6) is 0.358. The van der Waals surface area contributed by atoms with E-state index in [0.717, 1.165) is 0 Å². The molecule has 0 saturated heterocycles. The number of anilines is 2. The minimum atomic E-state index is -0.474. The molecule has 0 aliphatic carbocycles. The average molecular weight is 181 g/mol. The van der Waals surface area contributed by atoms with E-state index in [0.29, 0.717) is 11.6 Å². The molecule has 5 N–H and O–H groups in total. The Balaban J connectivity index is 2.64. The molecule has 1 heterocycles. The number of carbonyl (C=O) groups excluding carboxylic acids is 1. The molecule has 6 nitrogen and oxygen atoms in total. The number of nitrogen functional groups attached to an aromatic ring is 1. The van der Waals surface area contributed by atoms with Crippen LogP contribution in [-0.4, -0.2) is 21.9 Å². The van der Waals surface area contributed by atoms with Gasteiger partial charge >= 0.3 is 0 Å². The Morgan fingerprint density at radius 2 is 2.23 bits per heavy atom. The van der Waals surface area contributed by atoms with Gasteiger partial charge in [-0.1, -0.05) is 0 Å². The van der Waals surface area contributed by atoms with Crippen LogP contribution in [0.1, 0.15) is 6.92 Å². The average Bonchev–Trinajstić information content (AvgIpc) is 2.08. The zero-order valence-corrected chi connectivity index (χ0v) is 7.19. The number of nitrogens with zero attached hydrogens (tertiary/aromatic N) is 2. The smallest absolute Gasteiger partial charge is 0.239 e. The molecular formula is C7H11N5O. The fraction of sp³-hybridized carbons (Fsp3) is 0.286. The summed E-state index contributed by atoms with van der Waals surface area (Å²) in [6.45, 7) is 1.64. The molecule has 0 fully saturated rings. The van der Waals surface area contributed by atoms with Crippen LogP contribution in [0.4, 0.5) is 11.6 Å². The van der Waals surface area contributed by atoms with Crippen molar-refractivity contribution in [3.05, 3.63) is 12.4 Å². The van der Waals surface area contributed by atoms with Crippen LogP contribution in [0.2, 0.25) is 0 Å². The number of aromatic nitrogens is 2. The summed E-state index contributed by atoms with van der Waals surface area (Å²) in [7, 11) is 0. The molecule has 0 spiro atoms. The number of hydrogen-bond donors (Lipinski definition) is 3. The van der Waals surface area contributed by atoms with E-state index in [9.17, 15) is 4.79 Å². The summed E-state index contributed by atoms with van der Waals surface area (Å²) in [5.41, 5.74) is 10.4. The highest BCUT2D eigenvalue weighted by Gasteiger charge is 2.07. The van der Waals surface area contributed by atoms with E-state index in [-0.39, 0.29) is 0 Å². The minimum Gasteiger partial charge on any atom is -0.382 e. The number of amides is 1. The van der Waals surface area contributed by atoms with Gasteiger partial charge in [-0.2, -0.15) is 0 Å². The van der Waals surface area contributed by atoms with E-state index >= 15 is 0 Å². The zero-order chi connectivity index (χ0) is 9.84. The van der Waals surface area contributed by atoms with E-state index in [2.05, 4.69) is 15.3 Å². The summed E-state index contributed by atoms with van der Waals surface area (Å²) in [6, 6.07) is -0.474. The second-order valence-corrected chi connectivity index (χ2v) is 2.59. The van der Waals surface area contributed by atoms with Crippen molar-refractivity contribution in [3.8, 4) is 0 Å². The van der Waals surface area contributed by atoms with Crippen LogP contribution in [0.3, 0.4) is 0 Å². The fourth-order valence-electron chi connectivity index (χ4n) is 0.706. The van der Waals surface area contributed by atoms with Gasteiger partial charge in [0.15, 0.2) is 0 Å². The van der Waals surface area contributed by atoms with E-state index in [1.54, 1.807) is 6.92 Å². The quantitative estimate of drug-likeness (QED) is 0.574. The normalized spacial score (nSPS) is 12.1. The van der Waals surface area contributed by atoms with Gasteiger partial charge in [0.2, 0.25) is 5.91 Å². The highest BCUT2D eigenvalue weighted by molar-refractivity contribution is 5.82. The SMILES string of the molecule is CC(Nc1cnc(N)cn1)C(N)=O. The first-order chi connectivity index (χ1) is 6.09. The van der Waals surface area contributed by atoms with E-state index in [4.69, 9.17) is 11.5 Å². The van der Waals surface area contributed by atoms with Gasteiger partial charge in [-0.15, -0.1) is 0 Å². The van der Waals surface area contributed by atoms with E-state index in [1.807, 2.05) is 0 Å². The summed E-state index contributed by atoms with van der Waals surface area (Å²) < 4.78 is 0. The lowest BCUT2D eigenvalue weighted by Gasteiger charge is -2.09. The van der Waals surface area contributed by atoms with Crippen LogP contribution in [0.15, 0.2) is 12.4 Å². The Bertz CT molecular complexity index is 296. The Kier molecular flexibility index (Phi) is 2.63. The number of rotatable bonds is 3. The Labute approximate surface area is 75.4 Å². The Morgan fingerprint density at radius 1 is 1.54 bits per heavy atom. The first-order valence-electron chi connectivity index (χ1n) is 3.73. The monoisotopic (exact) mass is 181 g/mol. The lowest BCUT2D eigenvalue weighted by Crippen LogP contribution is -2.32. The zero-order valence-electron chi connectivity index (χ0n) is 7.19. The van der Waals surface area contributed by atoms with Crippen molar-refractivity contribution in [1.29, 1.82) is 0 Å². The predicted octanol–water partition coefficient (Wildman–Crippen LogP) is -0.655. The fourth-order valence-corrected chi connectivity index (χ4v) is 0.706. The van der Waals surface area contributed by atoms with Gasteiger partial charge in [0.25, 0.3) is 0 Å². The van der Waals surface area contributed by atoms with Crippen LogP contribution in [-0.2, 0) is 4.79 Å². The lowest BCUT2D eigenvalue weighted by atomic mass is 10.3. The van der Waals surface area contributed by atoms with Crippen molar-refractivity contribution in [3.63, 3.8) is 0 Å². The van der Waals surface area contributed by atoms with Gasteiger partial charge in [0.05, 0.1) is 12.4 Å². The molecule has 0 aliphatic heterocycles. The van der Waals surface area contributed by atoms with Crippen molar-refractivity contribution < 1.29 is 4.79 Å². The highest BCUT2D eigenvalue weighted by Crippen LogP contribution is 2.02. The molecular weight excluding hydrogens is 170 g/mol. The van der Waals surface area contributed by atoms with Gasteiger partial charge < -0.3 is 16.8 Å². The van der Waals surface area contributed by atoms with Crippen molar-refractivity contribution in [1.82, 2.24) is 9.97 Å². The van der Waals surface area contributed by atoms with Crippen LogP contribution >= 0.6 is 0 Å². The summed E-state index contributed by atoms with van der Waals surface area (Å²) in [5, 5.41) is 2.76. The summed E-state index contributed by atoms with van der Waals surface area (Å²) >= 11 is 0. The van der Waals surface area contributed by atoms with Crippen molar-refractivity contribution in [2.45, 2.75) is 13.0 Å². The Hall–Kier alpha value is -1.85. The molecule has 6 heteroatoms. The first kappa shape index (κ1) is 9.24. The summed E-state index contributed by atoms with van der Waals surface area (Å²) in [6.07, 6.45) is 2.84. The minimum absolute atomic E-state index is 0.331. The first-order valence-corrected chi connectivity index (χ1v) is 3.73. The van der Waals surface area contributed by atoms with Gasteiger partial charge in [-0.25, -0.2) is 9.97 Å². The number of hydrogen-bond acceptors (Lipinski definition) is 5. The summed E-state index contributed by atoms with van der Waals surface area (Å²) in [4.78, 5) is 18.3. The van der Waals surface area contributed by atoms with Crippen molar-refractivity contribution in [2.24, 2.45) is 5.73 Å². The maximum Gasteiger partial charge on any atom is 0.239 e. The third kappa shape index (κ3) is 2.58. The molecule has 13 heavy (non-hydrogen) atoms. The third-order valence-corrected chi connectivity index (χ3v) is 1.46. The van der Waals surface area contributed by atoms with Crippen LogP contribution in [0, 0.1) is 0 Å². The number of nitrogens with one attached hydrogen (secondary N) is 1. The standard InChI is InChI=1S/C7H11N5O/c1-4(7(9)13)12-6-3-10-5(8)2-11-6/h2-4H,1H3,(H2,8,10)(H2,9,13)(H,11,12). The number of nitrogens with two attached hydrogens (primary N) is 2. The van der Waals surface area contributed by atoms with Crippen molar-refractivity contribution in [2.75, 3.05) is 11.1 Å². The molecule has 1 amide bonds. The number of carbonyl (C=O) groups is 1. The van der Waals surface area contributed by atoms with Crippen LogP contribution in [0.5, 0.6) is 0 Å². The predicted molar refractivity (Wildman–Crippen MR) is 48.7 cm³/mol. The molecule has 1 aromatic rings. The van der Waals surface area contributed by atoms with Gasteiger partial charge in [-0.05, 0) is 6.92 Å². The number of primary amides is 1. The molecule has 0 bridgehead atoms. The molecule has 0 aliphatic rings. The molecule has 70 valence electrons. The maximum absolute atomic E-state index is 10.7. The maximum atomic E-state index is 10.7. The molecule has 0 radical (unpaired) electrons. The highest BCUT2D eigenvalue weighted by atomic mass is 16.1. The van der Waals surface area contributed by atoms with Gasteiger partial charge in [-0.3, -0.25) is 4.79 Å². The van der Waals surface area contributed by atoms with Gasteiger partial charge in [0.1, 0.15) is 17.7 Å². The molecule has 1 rings (SSSR count). The second-order valence-electron chi connectivity index (χ2n) is 2.59. The van der Waals surface area contributed by atoms with Gasteiger partial charge in [0, 0.05) is 0 Å². The molecule has 0 aromatic carbocycles. The molecule has 1 unspecified atom stereocenters. The molecule has 0 saturated carbocycles. The third-order valence-electron chi connectivity index (χ3n) is 1.46. The van der Waals surface area contributed by atoms with Crippen LogP contribution < -0.4 is 16.8 Å². The van der Waals surface area contributed by atoms with E-state index in [1.165, 1.54) is 12.4 Å². The lowest BCUT2D eigenvalue weighted by molar-refractivity contribution is -0.118. The molecule has 1 atom stereocenters. The largest absolute Gasteiger partial charge is 0.382 e. The van der Waals surface area contributed by atoms with Crippen LogP contribution in [0.25, 0.3) is 0 Å².